The number of rotatable bonds is 5. The van der Waals surface area contributed by atoms with E-state index < -0.39 is 0 Å². The Balaban J connectivity index is 1.22. The highest BCUT2D eigenvalue weighted by molar-refractivity contribution is 5.86. The Hall–Kier alpha value is -3.90. The maximum atomic E-state index is 2.50. The van der Waals surface area contributed by atoms with E-state index in [2.05, 4.69) is 127 Å². The summed E-state index contributed by atoms with van der Waals surface area (Å²) in [6.45, 7) is 0. The van der Waals surface area contributed by atoms with Crippen LogP contribution in [0.3, 0.4) is 0 Å². The van der Waals surface area contributed by atoms with Crippen LogP contribution >= 0.6 is 0 Å². The van der Waals surface area contributed by atoms with Gasteiger partial charge < -0.3 is 0 Å². The van der Waals surface area contributed by atoms with Crippen molar-refractivity contribution >= 4 is 0 Å². The Labute approximate surface area is 232 Å². The highest BCUT2D eigenvalue weighted by Crippen LogP contribution is 2.56. The van der Waals surface area contributed by atoms with Gasteiger partial charge in [-0.25, -0.2) is 0 Å². The smallest absolute Gasteiger partial charge is 0.0622 e. The monoisotopic (exact) mass is 502 g/mol. The molecule has 5 aromatic carbocycles. The number of benzene rings is 5. The first kappa shape index (κ1) is 23.0. The molecule has 2 bridgehead atoms. The lowest BCUT2D eigenvalue weighted by molar-refractivity contribution is 0.420. The molecule has 0 N–H and O–H groups in total. The molecule has 3 aliphatic carbocycles. The summed E-state index contributed by atoms with van der Waals surface area (Å²) in [6, 6.07) is 48.1. The normalized spacial score (nSPS) is 22.0. The summed E-state index contributed by atoms with van der Waals surface area (Å²) in [5.74, 6) is 2.72. The third kappa shape index (κ3) is 3.58. The van der Waals surface area contributed by atoms with Crippen LogP contribution in [0.25, 0.3) is 11.1 Å². The predicted molar refractivity (Wildman–Crippen MR) is 161 cm³/mol. The molecule has 190 valence electrons. The van der Waals surface area contributed by atoms with E-state index in [1.807, 2.05) is 0 Å². The topological polar surface area (TPSA) is 0 Å². The standard InChI is InChI=1S/C39H34/c1-3-9-32(10-4-1)39(33-11-5-2-6-12-33)37-14-8-7-13-34(37)35-22-18-28(26-38(35)39)23-27-15-19-30(20-16-27)36-25-29-17-21-31(36)24-29/h1-16,18-20,22,26,29,31,36H,17,21,23-25H2. The van der Waals surface area contributed by atoms with Gasteiger partial charge in [-0.2, -0.15) is 0 Å². The molecule has 0 amide bonds. The average molecular weight is 503 g/mol. The van der Waals surface area contributed by atoms with Gasteiger partial charge in [0.2, 0.25) is 0 Å². The summed E-state index contributed by atoms with van der Waals surface area (Å²) >= 11 is 0. The van der Waals surface area contributed by atoms with Crippen LogP contribution in [-0.2, 0) is 11.8 Å². The van der Waals surface area contributed by atoms with E-state index in [4.69, 9.17) is 0 Å². The quantitative estimate of drug-likeness (QED) is 0.220. The van der Waals surface area contributed by atoms with Crippen LogP contribution in [0.15, 0.2) is 127 Å². The van der Waals surface area contributed by atoms with Crippen LogP contribution in [0.4, 0.5) is 0 Å². The molecule has 5 aromatic rings. The van der Waals surface area contributed by atoms with Gasteiger partial charge in [0.15, 0.2) is 0 Å². The Morgan fingerprint density at radius 1 is 0.538 bits per heavy atom. The van der Waals surface area contributed by atoms with Crippen molar-refractivity contribution in [2.75, 3.05) is 0 Å². The minimum absolute atomic E-state index is 0.323. The first-order valence-corrected chi connectivity index (χ1v) is 14.7. The molecule has 0 radical (unpaired) electrons. The zero-order valence-corrected chi connectivity index (χ0v) is 22.4. The molecule has 0 spiro atoms. The molecule has 3 atom stereocenters. The third-order valence-corrected chi connectivity index (χ3v) is 10.1. The lowest BCUT2D eigenvalue weighted by Gasteiger charge is -2.34. The second kappa shape index (κ2) is 9.09. The minimum Gasteiger partial charge on any atom is -0.0622 e. The number of hydrogen-bond donors (Lipinski definition) is 0. The van der Waals surface area contributed by atoms with Crippen molar-refractivity contribution in [2.24, 2.45) is 11.8 Å². The SMILES string of the molecule is c1ccc(C2(c3ccccc3)c3ccccc3-c3ccc(Cc4ccc(C5CC6CCC5C6)cc4)cc32)cc1. The van der Waals surface area contributed by atoms with Gasteiger partial charge in [-0.3, -0.25) is 0 Å². The molecule has 0 aromatic heterocycles. The summed E-state index contributed by atoms with van der Waals surface area (Å²) in [6.07, 6.45) is 6.75. The van der Waals surface area contributed by atoms with Crippen LogP contribution < -0.4 is 0 Å². The maximum absolute atomic E-state index is 2.50. The Morgan fingerprint density at radius 3 is 1.85 bits per heavy atom. The Bertz CT molecular complexity index is 1590. The molecule has 39 heavy (non-hydrogen) atoms. The van der Waals surface area contributed by atoms with E-state index in [0.717, 1.165) is 24.2 Å². The van der Waals surface area contributed by atoms with Gasteiger partial charge in [-0.1, -0.05) is 134 Å². The molecular formula is C39H34. The summed E-state index contributed by atoms with van der Waals surface area (Å²) in [5.41, 5.74) is 12.2. The van der Waals surface area contributed by atoms with Crippen molar-refractivity contribution in [1.82, 2.24) is 0 Å². The van der Waals surface area contributed by atoms with Gasteiger partial charge in [-0.15, -0.1) is 0 Å². The molecule has 0 nitrogen and oxygen atoms in total. The van der Waals surface area contributed by atoms with E-state index in [-0.39, 0.29) is 5.41 Å². The lowest BCUT2D eigenvalue weighted by Crippen LogP contribution is -2.28. The van der Waals surface area contributed by atoms with Gasteiger partial charge >= 0.3 is 0 Å². The first-order valence-electron chi connectivity index (χ1n) is 14.7. The third-order valence-electron chi connectivity index (χ3n) is 10.1. The summed E-state index contributed by atoms with van der Waals surface area (Å²) in [7, 11) is 0. The molecule has 0 heteroatoms. The largest absolute Gasteiger partial charge is 0.0713 e. The molecule has 0 heterocycles. The fourth-order valence-electron chi connectivity index (χ4n) is 8.37. The second-order valence-electron chi connectivity index (χ2n) is 12.1. The lowest BCUT2D eigenvalue weighted by atomic mass is 9.67. The van der Waals surface area contributed by atoms with Crippen LogP contribution in [0.2, 0.25) is 0 Å². The molecule has 3 unspecified atom stereocenters. The Kier molecular flexibility index (Phi) is 5.37. The van der Waals surface area contributed by atoms with Crippen molar-refractivity contribution in [3.63, 3.8) is 0 Å². The van der Waals surface area contributed by atoms with Crippen molar-refractivity contribution < 1.29 is 0 Å². The molecule has 2 fully saturated rings. The second-order valence-corrected chi connectivity index (χ2v) is 12.1. The van der Waals surface area contributed by atoms with Gasteiger partial charge in [0.1, 0.15) is 0 Å². The van der Waals surface area contributed by atoms with Gasteiger partial charge in [0.05, 0.1) is 5.41 Å². The average Bonchev–Trinajstić information content (AvgIpc) is 3.71. The molecular weight excluding hydrogens is 468 g/mol. The van der Waals surface area contributed by atoms with E-state index in [1.165, 1.54) is 70.2 Å². The zero-order chi connectivity index (χ0) is 25.8. The van der Waals surface area contributed by atoms with E-state index in [1.54, 1.807) is 5.56 Å². The van der Waals surface area contributed by atoms with Crippen molar-refractivity contribution in [2.45, 2.75) is 43.4 Å². The summed E-state index contributed by atoms with van der Waals surface area (Å²) in [4.78, 5) is 0. The minimum atomic E-state index is -0.323. The summed E-state index contributed by atoms with van der Waals surface area (Å²) in [5, 5.41) is 0. The van der Waals surface area contributed by atoms with E-state index in [9.17, 15) is 0 Å². The number of hydrogen-bond acceptors (Lipinski definition) is 0. The highest BCUT2D eigenvalue weighted by Gasteiger charge is 2.46. The van der Waals surface area contributed by atoms with E-state index in [0.29, 0.717) is 0 Å². The van der Waals surface area contributed by atoms with Crippen molar-refractivity contribution in [3.05, 3.63) is 166 Å². The first-order chi connectivity index (χ1) is 19.3. The fraction of sp³-hybridized carbons (Fsp3) is 0.231. The molecule has 3 aliphatic rings. The molecule has 2 saturated carbocycles. The van der Waals surface area contributed by atoms with Gasteiger partial charge in [0.25, 0.3) is 0 Å². The van der Waals surface area contributed by atoms with Gasteiger partial charge in [0, 0.05) is 0 Å². The van der Waals surface area contributed by atoms with Crippen LogP contribution in [0, 0.1) is 11.8 Å². The maximum Gasteiger partial charge on any atom is 0.0713 e. The van der Waals surface area contributed by atoms with Crippen molar-refractivity contribution in [3.8, 4) is 11.1 Å². The molecule has 0 saturated heterocycles. The van der Waals surface area contributed by atoms with Gasteiger partial charge in [-0.05, 0) is 93.5 Å². The molecule has 8 rings (SSSR count). The molecule has 0 aliphatic heterocycles. The highest BCUT2D eigenvalue weighted by atomic mass is 14.5. The van der Waals surface area contributed by atoms with E-state index >= 15 is 0 Å². The predicted octanol–water partition coefficient (Wildman–Crippen LogP) is 9.54. The Morgan fingerprint density at radius 2 is 1.18 bits per heavy atom. The number of fused-ring (bicyclic) bond motifs is 5. The van der Waals surface area contributed by atoms with Crippen LogP contribution in [0.1, 0.15) is 70.5 Å². The van der Waals surface area contributed by atoms with Crippen LogP contribution in [-0.4, -0.2) is 0 Å². The van der Waals surface area contributed by atoms with Crippen LogP contribution in [0.5, 0.6) is 0 Å². The fourth-order valence-corrected chi connectivity index (χ4v) is 8.37. The van der Waals surface area contributed by atoms with Crippen molar-refractivity contribution in [1.29, 1.82) is 0 Å². The summed E-state index contributed by atoms with van der Waals surface area (Å²) < 4.78 is 0. The zero-order valence-electron chi connectivity index (χ0n) is 22.4.